The first kappa shape index (κ1) is 15.4. The fraction of sp³-hybridized carbons (Fsp3) is 0.429. The largest absolute Gasteiger partial charge is 0.334 e. The van der Waals surface area contributed by atoms with Crippen LogP contribution in [0.4, 0.5) is 0 Å². The number of hydrogen-bond donors (Lipinski definition) is 1. The molecule has 112 valence electrons. The number of halogens is 1. The van der Waals surface area contributed by atoms with Crippen LogP contribution in [0.25, 0.3) is 0 Å². The number of carbonyl (C=O) groups is 1. The van der Waals surface area contributed by atoms with E-state index in [1.54, 1.807) is 24.1 Å². The Labute approximate surface area is 128 Å². The molecule has 1 amide bonds. The first-order valence-corrected chi connectivity index (χ1v) is 7.17. The number of nitrogens with zero attached hydrogens (tertiary/aromatic N) is 4. The number of aromatic nitrogens is 4. The van der Waals surface area contributed by atoms with Crippen molar-refractivity contribution in [3.63, 3.8) is 0 Å². The second-order valence-electron chi connectivity index (χ2n) is 4.92. The van der Waals surface area contributed by atoms with Gasteiger partial charge in [-0.05, 0) is 25.5 Å². The van der Waals surface area contributed by atoms with Gasteiger partial charge in [0.15, 0.2) is 5.82 Å². The number of hydrogen-bond acceptors (Lipinski definition) is 4. The molecular formula is C14H18ClN5O. The Bertz CT molecular complexity index is 640. The smallest absolute Gasteiger partial charge is 0.254 e. The van der Waals surface area contributed by atoms with Gasteiger partial charge >= 0.3 is 0 Å². The maximum atomic E-state index is 12.4. The maximum absolute atomic E-state index is 12.4. The summed E-state index contributed by atoms with van der Waals surface area (Å²) in [6.45, 7) is 4.21. The van der Waals surface area contributed by atoms with Crippen LogP contribution < -0.4 is 0 Å². The molecule has 0 unspecified atom stereocenters. The van der Waals surface area contributed by atoms with Crippen LogP contribution in [0.1, 0.15) is 41.0 Å². The molecule has 0 fully saturated rings. The molecule has 2 aromatic rings. The zero-order chi connectivity index (χ0) is 15.4. The Hall–Kier alpha value is -1.95. The van der Waals surface area contributed by atoms with Crippen molar-refractivity contribution in [2.75, 3.05) is 7.05 Å². The summed E-state index contributed by atoms with van der Waals surface area (Å²) < 4.78 is 0. The number of aromatic amines is 1. The van der Waals surface area contributed by atoms with E-state index >= 15 is 0 Å². The molecule has 0 spiro atoms. The second-order valence-corrected chi connectivity index (χ2v) is 5.31. The monoisotopic (exact) mass is 307 g/mol. The molecule has 2 aromatic heterocycles. The van der Waals surface area contributed by atoms with Gasteiger partial charge in [-0.2, -0.15) is 5.10 Å². The number of aryl methyl sites for hydroxylation is 2. The van der Waals surface area contributed by atoms with E-state index in [4.69, 9.17) is 11.6 Å². The molecule has 0 saturated carbocycles. The fourth-order valence-corrected chi connectivity index (χ4v) is 2.25. The first-order chi connectivity index (χ1) is 9.99. The molecule has 0 radical (unpaired) electrons. The van der Waals surface area contributed by atoms with Gasteiger partial charge in [0.2, 0.25) is 0 Å². The number of carbonyl (C=O) groups excluding carboxylic acids is 1. The Kier molecular flexibility index (Phi) is 4.90. The van der Waals surface area contributed by atoms with Crippen molar-refractivity contribution in [3.8, 4) is 0 Å². The van der Waals surface area contributed by atoms with E-state index in [1.807, 2.05) is 6.92 Å². The Balaban J connectivity index is 2.14. The fourth-order valence-electron chi connectivity index (χ4n) is 2.02. The third-order valence-corrected chi connectivity index (χ3v) is 3.16. The highest BCUT2D eigenvalue weighted by Gasteiger charge is 2.15. The first-order valence-electron chi connectivity index (χ1n) is 6.79. The molecule has 0 aliphatic carbocycles. The van der Waals surface area contributed by atoms with Gasteiger partial charge in [0, 0.05) is 18.3 Å². The summed E-state index contributed by atoms with van der Waals surface area (Å²) in [4.78, 5) is 22.4. The van der Waals surface area contributed by atoms with Crippen LogP contribution in [0, 0.1) is 6.92 Å². The minimum Gasteiger partial charge on any atom is -0.334 e. The van der Waals surface area contributed by atoms with Crippen LogP contribution in [0.15, 0.2) is 12.1 Å². The SMILES string of the molecule is CCCc1cc(C(=O)N(C)Cc2n[nH]c(C)n2)cc(Cl)n1. The molecule has 1 N–H and O–H groups in total. The predicted molar refractivity (Wildman–Crippen MR) is 80.2 cm³/mol. The molecule has 0 aromatic carbocycles. The summed E-state index contributed by atoms with van der Waals surface area (Å²) in [5, 5.41) is 7.12. The number of H-pyrrole nitrogens is 1. The van der Waals surface area contributed by atoms with E-state index in [-0.39, 0.29) is 5.91 Å². The lowest BCUT2D eigenvalue weighted by Gasteiger charge is -2.16. The molecule has 0 saturated heterocycles. The van der Waals surface area contributed by atoms with Crippen LogP contribution in [0.3, 0.4) is 0 Å². The summed E-state index contributed by atoms with van der Waals surface area (Å²) in [6.07, 6.45) is 1.75. The summed E-state index contributed by atoms with van der Waals surface area (Å²) in [6, 6.07) is 3.38. The summed E-state index contributed by atoms with van der Waals surface area (Å²) in [5.74, 6) is 1.18. The third kappa shape index (κ3) is 4.01. The van der Waals surface area contributed by atoms with Gasteiger partial charge in [0.25, 0.3) is 5.91 Å². The van der Waals surface area contributed by atoms with E-state index < -0.39 is 0 Å². The van der Waals surface area contributed by atoms with E-state index in [9.17, 15) is 4.79 Å². The normalized spacial score (nSPS) is 10.7. The van der Waals surface area contributed by atoms with Crippen molar-refractivity contribution < 1.29 is 4.79 Å². The molecule has 0 atom stereocenters. The molecule has 6 nitrogen and oxygen atoms in total. The van der Waals surface area contributed by atoms with Crippen molar-refractivity contribution in [2.45, 2.75) is 33.2 Å². The third-order valence-electron chi connectivity index (χ3n) is 2.97. The Morgan fingerprint density at radius 1 is 1.38 bits per heavy atom. The molecule has 0 bridgehead atoms. The van der Waals surface area contributed by atoms with E-state index in [0.717, 1.165) is 24.4 Å². The number of pyridine rings is 1. The topological polar surface area (TPSA) is 74.8 Å². The average molecular weight is 308 g/mol. The van der Waals surface area contributed by atoms with Gasteiger partial charge in [-0.1, -0.05) is 24.9 Å². The van der Waals surface area contributed by atoms with Crippen LogP contribution in [0.5, 0.6) is 0 Å². The molecule has 2 rings (SSSR count). The minimum absolute atomic E-state index is 0.126. The van der Waals surface area contributed by atoms with Gasteiger partial charge < -0.3 is 4.90 Å². The molecular weight excluding hydrogens is 290 g/mol. The van der Waals surface area contributed by atoms with E-state index in [0.29, 0.717) is 23.1 Å². The van der Waals surface area contributed by atoms with Crippen molar-refractivity contribution in [2.24, 2.45) is 0 Å². The number of nitrogens with one attached hydrogen (secondary N) is 1. The van der Waals surface area contributed by atoms with Crippen molar-refractivity contribution in [1.29, 1.82) is 0 Å². The van der Waals surface area contributed by atoms with Gasteiger partial charge in [0.1, 0.15) is 11.0 Å². The lowest BCUT2D eigenvalue weighted by molar-refractivity contribution is 0.0781. The van der Waals surface area contributed by atoms with Crippen LogP contribution in [-0.2, 0) is 13.0 Å². The molecule has 21 heavy (non-hydrogen) atoms. The highest BCUT2D eigenvalue weighted by molar-refractivity contribution is 6.29. The lowest BCUT2D eigenvalue weighted by atomic mass is 10.1. The number of rotatable bonds is 5. The summed E-state index contributed by atoms with van der Waals surface area (Å²) in [7, 11) is 1.71. The predicted octanol–water partition coefficient (Wildman–Crippen LogP) is 2.39. The Morgan fingerprint density at radius 2 is 2.14 bits per heavy atom. The van der Waals surface area contributed by atoms with Crippen LogP contribution >= 0.6 is 11.6 Å². The quantitative estimate of drug-likeness (QED) is 0.861. The molecule has 2 heterocycles. The highest BCUT2D eigenvalue weighted by Crippen LogP contribution is 2.14. The van der Waals surface area contributed by atoms with Gasteiger partial charge in [-0.15, -0.1) is 0 Å². The zero-order valence-electron chi connectivity index (χ0n) is 12.4. The summed E-state index contributed by atoms with van der Waals surface area (Å²) >= 11 is 5.99. The van der Waals surface area contributed by atoms with E-state index in [2.05, 4.69) is 27.1 Å². The van der Waals surface area contributed by atoms with Crippen molar-refractivity contribution in [3.05, 3.63) is 40.2 Å². The van der Waals surface area contributed by atoms with Gasteiger partial charge in [-0.3, -0.25) is 9.89 Å². The standard InChI is InChI=1S/C14H18ClN5O/c1-4-5-11-6-10(7-12(15)17-11)14(21)20(3)8-13-16-9(2)18-19-13/h6-7H,4-5,8H2,1-3H3,(H,16,18,19). The van der Waals surface area contributed by atoms with Crippen molar-refractivity contribution in [1.82, 2.24) is 25.1 Å². The second kappa shape index (κ2) is 6.67. The zero-order valence-corrected chi connectivity index (χ0v) is 13.1. The molecule has 7 heteroatoms. The van der Waals surface area contributed by atoms with Crippen LogP contribution in [0.2, 0.25) is 5.15 Å². The van der Waals surface area contributed by atoms with Crippen molar-refractivity contribution >= 4 is 17.5 Å². The Morgan fingerprint density at radius 3 is 2.76 bits per heavy atom. The molecule has 0 aliphatic rings. The number of amides is 1. The minimum atomic E-state index is -0.126. The molecule has 0 aliphatic heterocycles. The van der Waals surface area contributed by atoms with Gasteiger partial charge in [-0.25, -0.2) is 9.97 Å². The van der Waals surface area contributed by atoms with Crippen LogP contribution in [-0.4, -0.2) is 38.0 Å². The average Bonchev–Trinajstić information content (AvgIpc) is 2.83. The highest BCUT2D eigenvalue weighted by atomic mass is 35.5. The van der Waals surface area contributed by atoms with Gasteiger partial charge in [0.05, 0.1) is 6.54 Å². The van der Waals surface area contributed by atoms with E-state index in [1.165, 1.54) is 0 Å². The summed E-state index contributed by atoms with van der Waals surface area (Å²) in [5.41, 5.74) is 1.36. The maximum Gasteiger partial charge on any atom is 0.254 e. The lowest BCUT2D eigenvalue weighted by Crippen LogP contribution is -2.27.